The molecule has 0 bridgehead atoms. The molecule has 0 spiro atoms. The second kappa shape index (κ2) is 10.1. The van der Waals surface area contributed by atoms with Gasteiger partial charge in [-0.25, -0.2) is 13.4 Å². The number of nitrogens with one attached hydrogen (secondary N) is 1. The predicted octanol–water partition coefficient (Wildman–Crippen LogP) is 5.37. The number of fused-ring (bicyclic) bond motifs is 1. The van der Waals surface area contributed by atoms with Crippen molar-refractivity contribution in [3.63, 3.8) is 0 Å². The Hall–Kier alpha value is -2.42. The van der Waals surface area contributed by atoms with Crippen LogP contribution < -0.4 is 5.32 Å². The van der Waals surface area contributed by atoms with Crippen LogP contribution in [0.25, 0.3) is 10.9 Å². The summed E-state index contributed by atoms with van der Waals surface area (Å²) in [4.78, 5) is 17.6. The number of nitrogens with zero attached hydrogens (tertiary/aromatic N) is 2. The van der Waals surface area contributed by atoms with E-state index < -0.39 is 10.0 Å². The molecule has 8 heteroatoms. The molecule has 180 valence electrons. The highest BCUT2D eigenvalue weighted by Gasteiger charge is 2.26. The smallest absolute Gasteiger partial charge is 0.243 e. The fraction of sp³-hybridized carbons (Fsp3) is 0.385. The van der Waals surface area contributed by atoms with Gasteiger partial charge in [0.2, 0.25) is 15.9 Å². The summed E-state index contributed by atoms with van der Waals surface area (Å²) in [6.45, 7) is 9.15. The largest absolute Gasteiger partial charge is 0.325 e. The first-order valence-electron chi connectivity index (χ1n) is 11.6. The zero-order valence-electron chi connectivity index (χ0n) is 20.1. The van der Waals surface area contributed by atoms with E-state index >= 15 is 0 Å². The maximum Gasteiger partial charge on any atom is 0.243 e. The molecule has 1 amide bonds. The van der Waals surface area contributed by atoms with Crippen LogP contribution in [-0.4, -0.2) is 42.5 Å². The van der Waals surface area contributed by atoms with E-state index in [1.54, 1.807) is 22.5 Å². The van der Waals surface area contributed by atoms with Gasteiger partial charge in [-0.1, -0.05) is 35.9 Å². The molecule has 1 N–H and O–H groups in total. The first kappa shape index (κ1) is 24.7. The minimum Gasteiger partial charge on any atom is -0.325 e. The lowest BCUT2D eigenvalue weighted by Crippen LogP contribution is -2.35. The van der Waals surface area contributed by atoms with Crippen molar-refractivity contribution in [1.29, 1.82) is 0 Å². The first-order chi connectivity index (χ1) is 16.1. The molecular weight excluding hydrogens is 466 g/mol. The number of aromatic nitrogens is 1. The Labute approximate surface area is 206 Å². The molecule has 1 aliphatic rings. The Morgan fingerprint density at radius 3 is 2.32 bits per heavy atom. The molecule has 3 aromatic rings. The monoisotopic (exact) mass is 497 g/mol. The van der Waals surface area contributed by atoms with Gasteiger partial charge in [-0.05, 0) is 81.5 Å². The summed E-state index contributed by atoms with van der Waals surface area (Å²) in [7, 11) is -3.49. The number of carbonyl (C=O) groups excluding carboxylic acids is 1. The fourth-order valence-corrected chi connectivity index (χ4v) is 6.84. The van der Waals surface area contributed by atoms with Crippen molar-refractivity contribution >= 4 is 44.3 Å². The van der Waals surface area contributed by atoms with Crippen LogP contribution in [0.1, 0.15) is 41.5 Å². The van der Waals surface area contributed by atoms with Crippen molar-refractivity contribution in [3.05, 3.63) is 58.7 Å². The molecule has 0 saturated carbocycles. The third kappa shape index (κ3) is 5.29. The van der Waals surface area contributed by atoms with Crippen molar-refractivity contribution < 1.29 is 13.2 Å². The van der Waals surface area contributed by atoms with Crippen LogP contribution in [0, 0.1) is 27.7 Å². The van der Waals surface area contributed by atoms with Crippen LogP contribution in [0.5, 0.6) is 0 Å². The van der Waals surface area contributed by atoms with Gasteiger partial charge in [-0.3, -0.25) is 4.79 Å². The average molecular weight is 498 g/mol. The summed E-state index contributed by atoms with van der Waals surface area (Å²) < 4.78 is 27.7. The normalized spacial score (nSPS) is 14.9. The van der Waals surface area contributed by atoms with Crippen LogP contribution in [0.2, 0.25) is 0 Å². The van der Waals surface area contributed by atoms with Gasteiger partial charge in [0.15, 0.2) is 0 Å². The topological polar surface area (TPSA) is 79.4 Å². The quantitative estimate of drug-likeness (QED) is 0.463. The molecule has 34 heavy (non-hydrogen) atoms. The van der Waals surface area contributed by atoms with Crippen LogP contribution in [0.15, 0.2) is 46.3 Å². The minimum absolute atomic E-state index is 0.0809. The van der Waals surface area contributed by atoms with E-state index in [2.05, 4.69) is 22.4 Å². The van der Waals surface area contributed by atoms with E-state index in [-0.39, 0.29) is 11.7 Å². The Kier molecular flexibility index (Phi) is 7.31. The number of amides is 1. The van der Waals surface area contributed by atoms with E-state index in [0.717, 1.165) is 57.6 Å². The van der Waals surface area contributed by atoms with E-state index in [1.807, 2.05) is 33.8 Å². The summed E-state index contributed by atoms with van der Waals surface area (Å²) in [6, 6.07) is 11.2. The van der Waals surface area contributed by atoms with E-state index in [0.29, 0.717) is 18.0 Å². The highest BCUT2D eigenvalue weighted by Crippen LogP contribution is 2.29. The number of pyridine rings is 1. The molecule has 2 heterocycles. The third-order valence-electron chi connectivity index (χ3n) is 6.21. The maximum absolute atomic E-state index is 13.1. The maximum atomic E-state index is 13.1. The number of thioether (sulfide) groups is 1. The summed E-state index contributed by atoms with van der Waals surface area (Å²) in [5.41, 5.74) is 5.79. The number of sulfonamides is 1. The molecular formula is C26H31N3O3S2. The van der Waals surface area contributed by atoms with Crippen molar-refractivity contribution in [3.8, 4) is 0 Å². The van der Waals surface area contributed by atoms with Crippen LogP contribution in [-0.2, 0) is 14.8 Å². The van der Waals surface area contributed by atoms with Crippen molar-refractivity contribution in [2.24, 2.45) is 0 Å². The van der Waals surface area contributed by atoms with Crippen LogP contribution in [0.4, 0.5) is 5.69 Å². The van der Waals surface area contributed by atoms with Gasteiger partial charge in [-0.15, -0.1) is 0 Å². The molecule has 1 saturated heterocycles. The molecule has 1 aromatic heterocycles. The standard InChI is InChI=1S/C26H31N3O3S2/c1-17-12-19(3)26(20(4)13-17)28-24(30)16-33-25-14-18(2)22-15-21(8-9-23(22)27-25)34(31,32)29-10-6-5-7-11-29/h8-9,12-15H,5-7,10-11,16H2,1-4H3,(H,28,30). The average Bonchev–Trinajstić information content (AvgIpc) is 2.80. The van der Waals surface area contributed by atoms with Crippen molar-refractivity contribution in [1.82, 2.24) is 9.29 Å². The summed E-state index contributed by atoms with van der Waals surface area (Å²) in [5, 5.41) is 4.58. The van der Waals surface area contributed by atoms with Gasteiger partial charge in [0, 0.05) is 24.2 Å². The lowest BCUT2D eigenvalue weighted by Gasteiger charge is -2.26. The lowest BCUT2D eigenvalue weighted by atomic mass is 10.1. The summed E-state index contributed by atoms with van der Waals surface area (Å²) in [6.07, 6.45) is 2.89. The number of hydrogen-bond acceptors (Lipinski definition) is 5. The van der Waals surface area contributed by atoms with Gasteiger partial charge in [0.1, 0.15) is 0 Å². The van der Waals surface area contributed by atoms with Gasteiger partial charge in [0.25, 0.3) is 0 Å². The fourth-order valence-electron chi connectivity index (χ4n) is 4.52. The van der Waals surface area contributed by atoms with Crippen molar-refractivity contribution in [2.75, 3.05) is 24.2 Å². The number of anilines is 1. The highest BCUT2D eigenvalue weighted by molar-refractivity contribution is 7.99. The zero-order chi connectivity index (χ0) is 24.5. The Morgan fingerprint density at radius 1 is 0.971 bits per heavy atom. The summed E-state index contributed by atoms with van der Waals surface area (Å²) in [5.74, 6) is 0.161. The molecule has 1 fully saturated rings. The molecule has 0 aliphatic carbocycles. The Balaban J connectivity index is 1.49. The van der Waals surface area contributed by atoms with E-state index in [4.69, 9.17) is 0 Å². The number of carbonyl (C=O) groups is 1. The van der Waals surface area contributed by atoms with Gasteiger partial charge in [0.05, 0.1) is 21.2 Å². The van der Waals surface area contributed by atoms with Crippen molar-refractivity contribution in [2.45, 2.75) is 56.9 Å². The van der Waals surface area contributed by atoms with Crippen LogP contribution >= 0.6 is 11.8 Å². The molecule has 0 radical (unpaired) electrons. The Morgan fingerprint density at radius 2 is 1.65 bits per heavy atom. The predicted molar refractivity (Wildman–Crippen MR) is 139 cm³/mol. The zero-order valence-corrected chi connectivity index (χ0v) is 21.8. The molecule has 6 nitrogen and oxygen atoms in total. The number of aryl methyl sites for hydroxylation is 4. The minimum atomic E-state index is -3.49. The van der Waals surface area contributed by atoms with Gasteiger partial charge < -0.3 is 5.32 Å². The molecule has 4 rings (SSSR count). The molecule has 1 aliphatic heterocycles. The third-order valence-corrected chi connectivity index (χ3v) is 9.01. The molecule has 0 unspecified atom stereocenters. The van der Waals surface area contributed by atoms with E-state index in [9.17, 15) is 13.2 Å². The first-order valence-corrected chi connectivity index (χ1v) is 14.0. The van der Waals surface area contributed by atoms with Gasteiger partial charge in [-0.2, -0.15) is 4.31 Å². The van der Waals surface area contributed by atoms with Crippen LogP contribution in [0.3, 0.4) is 0 Å². The number of hydrogen-bond donors (Lipinski definition) is 1. The Bertz CT molecular complexity index is 1320. The second-order valence-electron chi connectivity index (χ2n) is 9.03. The number of benzene rings is 2. The summed E-state index contributed by atoms with van der Waals surface area (Å²) >= 11 is 1.37. The van der Waals surface area contributed by atoms with Gasteiger partial charge >= 0.3 is 0 Å². The number of rotatable bonds is 6. The SMILES string of the molecule is Cc1cc(C)c(NC(=O)CSc2cc(C)c3cc(S(=O)(=O)N4CCCCC4)ccc3n2)c(C)c1. The second-order valence-corrected chi connectivity index (χ2v) is 12.0. The lowest BCUT2D eigenvalue weighted by molar-refractivity contribution is -0.113. The molecule has 0 atom stereocenters. The van der Waals surface area contributed by atoms with E-state index in [1.165, 1.54) is 17.3 Å². The number of piperidine rings is 1. The highest BCUT2D eigenvalue weighted by atomic mass is 32.2. The molecule has 2 aromatic carbocycles.